The maximum atomic E-state index is 13.2. The molecule has 0 atom stereocenters. The van der Waals surface area contributed by atoms with Gasteiger partial charge in [-0.15, -0.1) is 0 Å². The van der Waals surface area contributed by atoms with E-state index in [1.807, 2.05) is 6.07 Å². The SMILES string of the molecule is Cc1c(N2CCN(C(=O)c3ccccc3C(F)(F)F)CC2)cc(C#N)cc1[N+](=O)[O-]. The topological polar surface area (TPSA) is 90.5 Å². The van der Waals surface area contributed by atoms with Gasteiger partial charge in [0, 0.05) is 37.9 Å². The van der Waals surface area contributed by atoms with Crippen molar-refractivity contribution in [3.8, 4) is 6.07 Å². The van der Waals surface area contributed by atoms with Crippen molar-refractivity contribution in [1.29, 1.82) is 5.26 Å². The van der Waals surface area contributed by atoms with E-state index >= 15 is 0 Å². The lowest BCUT2D eigenvalue weighted by Gasteiger charge is -2.37. The molecule has 1 fully saturated rings. The maximum Gasteiger partial charge on any atom is 0.417 e. The molecule has 1 heterocycles. The number of anilines is 1. The van der Waals surface area contributed by atoms with Crippen molar-refractivity contribution in [1.82, 2.24) is 4.90 Å². The molecule has 3 rings (SSSR count). The van der Waals surface area contributed by atoms with Gasteiger partial charge in [0.25, 0.3) is 11.6 Å². The molecule has 0 saturated carbocycles. The van der Waals surface area contributed by atoms with Crippen LogP contribution in [0.1, 0.15) is 27.0 Å². The number of nitrogens with zero attached hydrogens (tertiary/aromatic N) is 4. The standard InChI is InChI=1S/C20H17F3N4O3/c1-13-17(10-14(12-24)11-18(13)27(29)30)25-6-8-26(9-7-25)19(28)15-4-2-3-5-16(15)20(21,22)23/h2-5,10-11H,6-9H2,1H3. The van der Waals surface area contributed by atoms with Gasteiger partial charge in [0.05, 0.1) is 33.2 Å². The Morgan fingerprint density at radius 3 is 2.37 bits per heavy atom. The van der Waals surface area contributed by atoms with Crippen LogP contribution in [0.2, 0.25) is 0 Å². The van der Waals surface area contributed by atoms with Crippen LogP contribution < -0.4 is 4.90 Å². The van der Waals surface area contributed by atoms with E-state index in [2.05, 4.69) is 0 Å². The number of amides is 1. The Morgan fingerprint density at radius 2 is 1.80 bits per heavy atom. The predicted octanol–water partition coefficient (Wildman–Crippen LogP) is 3.76. The zero-order valence-corrected chi connectivity index (χ0v) is 15.9. The number of carbonyl (C=O) groups is 1. The molecule has 10 heteroatoms. The first-order valence-corrected chi connectivity index (χ1v) is 9.03. The predicted molar refractivity (Wildman–Crippen MR) is 102 cm³/mol. The number of piperazine rings is 1. The molecule has 0 N–H and O–H groups in total. The van der Waals surface area contributed by atoms with Gasteiger partial charge < -0.3 is 9.80 Å². The van der Waals surface area contributed by atoms with Crippen molar-refractivity contribution >= 4 is 17.3 Å². The third-order valence-corrected chi connectivity index (χ3v) is 5.05. The van der Waals surface area contributed by atoms with E-state index < -0.39 is 28.1 Å². The summed E-state index contributed by atoms with van der Waals surface area (Å²) in [5.74, 6) is -0.712. The zero-order chi connectivity index (χ0) is 22.1. The van der Waals surface area contributed by atoms with Crippen LogP contribution in [0.25, 0.3) is 0 Å². The molecule has 156 valence electrons. The first-order valence-electron chi connectivity index (χ1n) is 9.03. The molecule has 0 radical (unpaired) electrons. The smallest absolute Gasteiger partial charge is 0.368 e. The lowest BCUT2D eigenvalue weighted by Crippen LogP contribution is -2.49. The minimum atomic E-state index is -4.64. The molecule has 2 aromatic carbocycles. The van der Waals surface area contributed by atoms with Crippen molar-refractivity contribution in [2.45, 2.75) is 13.1 Å². The van der Waals surface area contributed by atoms with Crippen LogP contribution in [0.15, 0.2) is 36.4 Å². The number of nitro groups is 1. The average molecular weight is 418 g/mol. The number of benzene rings is 2. The fourth-order valence-corrected chi connectivity index (χ4v) is 3.50. The Morgan fingerprint density at radius 1 is 1.17 bits per heavy atom. The van der Waals surface area contributed by atoms with E-state index in [0.29, 0.717) is 11.3 Å². The number of hydrogen-bond acceptors (Lipinski definition) is 5. The number of rotatable bonds is 3. The van der Waals surface area contributed by atoms with Gasteiger partial charge in [0.2, 0.25) is 0 Å². The summed E-state index contributed by atoms with van der Waals surface area (Å²) < 4.78 is 39.7. The Bertz CT molecular complexity index is 1040. The van der Waals surface area contributed by atoms with Crippen LogP contribution in [0.4, 0.5) is 24.5 Å². The van der Waals surface area contributed by atoms with Crippen molar-refractivity contribution in [3.05, 3.63) is 68.8 Å². The summed E-state index contributed by atoms with van der Waals surface area (Å²) in [6.45, 7) is 2.41. The highest BCUT2D eigenvalue weighted by Crippen LogP contribution is 2.33. The number of carbonyl (C=O) groups excluding carboxylic acids is 1. The first kappa shape index (κ1) is 21.1. The second kappa shape index (κ2) is 8.02. The summed E-state index contributed by atoms with van der Waals surface area (Å²) in [6.07, 6.45) is -4.64. The molecule has 0 spiro atoms. The van der Waals surface area contributed by atoms with Crippen molar-refractivity contribution in [3.63, 3.8) is 0 Å². The molecule has 1 aliphatic heterocycles. The fourth-order valence-electron chi connectivity index (χ4n) is 3.50. The van der Waals surface area contributed by atoms with Gasteiger partial charge in [-0.1, -0.05) is 12.1 Å². The van der Waals surface area contributed by atoms with Crippen LogP contribution in [-0.2, 0) is 6.18 Å². The van der Waals surface area contributed by atoms with Gasteiger partial charge in [-0.2, -0.15) is 18.4 Å². The monoisotopic (exact) mass is 418 g/mol. The minimum absolute atomic E-state index is 0.139. The van der Waals surface area contributed by atoms with Crippen molar-refractivity contribution < 1.29 is 22.9 Å². The average Bonchev–Trinajstić information content (AvgIpc) is 2.72. The number of nitro benzene ring substituents is 1. The maximum absolute atomic E-state index is 13.2. The van der Waals surface area contributed by atoms with Gasteiger partial charge in [-0.05, 0) is 25.1 Å². The molecule has 1 saturated heterocycles. The molecule has 0 unspecified atom stereocenters. The quantitative estimate of drug-likeness (QED) is 0.559. The molecule has 1 amide bonds. The highest BCUT2D eigenvalue weighted by atomic mass is 19.4. The molecular formula is C20H17F3N4O3. The lowest BCUT2D eigenvalue weighted by atomic mass is 10.0. The zero-order valence-electron chi connectivity index (χ0n) is 15.9. The van der Waals surface area contributed by atoms with E-state index in [9.17, 15) is 28.1 Å². The lowest BCUT2D eigenvalue weighted by molar-refractivity contribution is -0.385. The number of alkyl halides is 3. The van der Waals surface area contributed by atoms with Gasteiger partial charge in [-0.25, -0.2) is 0 Å². The van der Waals surface area contributed by atoms with E-state index in [-0.39, 0.29) is 37.4 Å². The first-order chi connectivity index (χ1) is 14.1. The van der Waals surface area contributed by atoms with Gasteiger partial charge >= 0.3 is 6.18 Å². The number of nitriles is 1. The highest BCUT2D eigenvalue weighted by Gasteiger charge is 2.36. The van der Waals surface area contributed by atoms with Crippen molar-refractivity contribution in [2.24, 2.45) is 0 Å². The summed E-state index contributed by atoms with van der Waals surface area (Å²) in [6, 6.07) is 9.28. The summed E-state index contributed by atoms with van der Waals surface area (Å²) in [7, 11) is 0. The van der Waals surface area contributed by atoms with Crippen LogP contribution in [0.5, 0.6) is 0 Å². The number of halogens is 3. The summed E-state index contributed by atoms with van der Waals surface area (Å²) in [5.41, 5.74) is -0.534. The molecule has 0 aliphatic carbocycles. The van der Waals surface area contributed by atoms with Crippen LogP contribution in [0, 0.1) is 28.4 Å². The van der Waals surface area contributed by atoms with E-state index in [1.54, 1.807) is 17.9 Å². The van der Waals surface area contributed by atoms with Gasteiger partial charge in [0.15, 0.2) is 0 Å². The molecule has 30 heavy (non-hydrogen) atoms. The molecule has 7 nitrogen and oxygen atoms in total. The molecule has 0 bridgehead atoms. The summed E-state index contributed by atoms with van der Waals surface area (Å²) in [5, 5.41) is 20.4. The molecular weight excluding hydrogens is 401 g/mol. The van der Waals surface area contributed by atoms with E-state index in [1.165, 1.54) is 23.1 Å². The third kappa shape index (κ3) is 4.05. The highest BCUT2D eigenvalue weighted by molar-refractivity contribution is 5.96. The minimum Gasteiger partial charge on any atom is -0.368 e. The largest absolute Gasteiger partial charge is 0.417 e. The Kier molecular flexibility index (Phi) is 5.64. The molecule has 0 aromatic heterocycles. The second-order valence-corrected chi connectivity index (χ2v) is 6.83. The fraction of sp³-hybridized carbons (Fsp3) is 0.300. The summed E-state index contributed by atoms with van der Waals surface area (Å²) in [4.78, 5) is 26.5. The Hall–Kier alpha value is -3.61. The van der Waals surface area contributed by atoms with E-state index in [4.69, 9.17) is 5.26 Å². The van der Waals surface area contributed by atoms with Crippen LogP contribution in [0.3, 0.4) is 0 Å². The van der Waals surface area contributed by atoms with Crippen molar-refractivity contribution in [2.75, 3.05) is 31.1 Å². The van der Waals surface area contributed by atoms with Gasteiger partial charge in [-0.3, -0.25) is 14.9 Å². The second-order valence-electron chi connectivity index (χ2n) is 6.83. The van der Waals surface area contributed by atoms with Crippen LogP contribution >= 0.6 is 0 Å². The summed E-state index contributed by atoms with van der Waals surface area (Å²) >= 11 is 0. The molecule has 1 aliphatic rings. The van der Waals surface area contributed by atoms with Gasteiger partial charge in [0.1, 0.15) is 0 Å². The van der Waals surface area contributed by atoms with E-state index in [0.717, 1.165) is 12.1 Å². The molecule has 2 aromatic rings. The Labute approximate surface area is 170 Å². The Balaban J connectivity index is 1.81. The van der Waals surface area contributed by atoms with Crippen LogP contribution in [-0.4, -0.2) is 41.9 Å². The number of hydrogen-bond donors (Lipinski definition) is 0. The third-order valence-electron chi connectivity index (χ3n) is 5.05. The normalized spacial score (nSPS) is 14.4.